The summed E-state index contributed by atoms with van der Waals surface area (Å²) >= 11 is 5.33. The first-order chi connectivity index (χ1) is 8.14. The van der Waals surface area contributed by atoms with Gasteiger partial charge in [0.15, 0.2) is 0 Å². The molecule has 10 heteroatoms. The number of hydrogen-bond acceptors (Lipinski definition) is 3. The van der Waals surface area contributed by atoms with Gasteiger partial charge in [0.2, 0.25) is 5.88 Å². The zero-order valence-corrected chi connectivity index (χ0v) is 9.14. The van der Waals surface area contributed by atoms with Crippen LogP contribution in [0.5, 0.6) is 5.88 Å². The van der Waals surface area contributed by atoms with E-state index in [1.807, 2.05) is 0 Å². The highest BCUT2D eigenvalue weighted by atomic mass is 35.5. The van der Waals surface area contributed by atoms with Gasteiger partial charge in [-0.05, 0) is 0 Å². The van der Waals surface area contributed by atoms with E-state index in [9.17, 15) is 26.3 Å². The van der Waals surface area contributed by atoms with E-state index < -0.39 is 24.3 Å². The maximum atomic E-state index is 12.1. The lowest BCUT2D eigenvalue weighted by atomic mass is 10.3. The quantitative estimate of drug-likeness (QED) is 0.635. The van der Waals surface area contributed by atoms with E-state index >= 15 is 0 Å². The Bertz CT molecular complexity index is 376. The largest absolute Gasteiger partial charge is 0.454 e. The molecule has 0 saturated heterocycles. The number of alkyl halides is 7. The van der Waals surface area contributed by atoms with Crippen molar-refractivity contribution in [1.82, 2.24) is 9.97 Å². The van der Waals surface area contributed by atoms with Crippen molar-refractivity contribution in [2.24, 2.45) is 0 Å². The lowest BCUT2D eigenvalue weighted by Crippen LogP contribution is -2.46. The fraction of sp³-hybridized carbons (Fsp3) is 0.500. The molecule has 0 aliphatic heterocycles. The van der Waals surface area contributed by atoms with Crippen LogP contribution in [0.1, 0.15) is 5.69 Å². The van der Waals surface area contributed by atoms with Crippen LogP contribution < -0.4 is 4.74 Å². The molecule has 1 heterocycles. The Kier molecular flexibility index (Phi) is 4.25. The summed E-state index contributed by atoms with van der Waals surface area (Å²) in [4.78, 5) is 6.71. The van der Waals surface area contributed by atoms with Gasteiger partial charge in [-0.2, -0.15) is 26.3 Å². The molecule has 1 aromatic rings. The lowest BCUT2D eigenvalue weighted by molar-refractivity contribution is -0.300. The fourth-order valence-corrected chi connectivity index (χ4v) is 1.05. The maximum Gasteiger partial charge on any atom is 0.434 e. The van der Waals surface area contributed by atoms with Crippen molar-refractivity contribution in [3.63, 3.8) is 0 Å². The van der Waals surface area contributed by atoms with E-state index in [0.29, 0.717) is 6.20 Å². The predicted molar refractivity (Wildman–Crippen MR) is 48.1 cm³/mol. The molecule has 0 spiro atoms. The van der Waals surface area contributed by atoms with Gasteiger partial charge in [0.1, 0.15) is 0 Å². The van der Waals surface area contributed by atoms with Crippen LogP contribution >= 0.6 is 11.6 Å². The molecule has 18 heavy (non-hydrogen) atoms. The molecular formula is C8H5ClF6N2O. The van der Waals surface area contributed by atoms with E-state index in [0.717, 1.165) is 6.20 Å². The average molecular weight is 295 g/mol. The van der Waals surface area contributed by atoms with Crippen molar-refractivity contribution in [3.05, 3.63) is 18.1 Å². The number of rotatable bonds is 3. The van der Waals surface area contributed by atoms with E-state index in [2.05, 4.69) is 14.7 Å². The summed E-state index contributed by atoms with van der Waals surface area (Å²) in [5.41, 5.74) is 0.194. The highest BCUT2D eigenvalue weighted by Crippen LogP contribution is 2.35. The summed E-state index contributed by atoms with van der Waals surface area (Å²) in [5.74, 6) is -0.960. The highest BCUT2D eigenvalue weighted by Gasteiger charge is 2.59. The van der Waals surface area contributed by atoms with Gasteiger partial charge < -0.3 is 4.74 Å². The lowest BCUT2D eigenvalue weighted by Gasteiger charge is -2.22. The number of nitrogens with zero attached hydrogens (tertiary/aromatic N) is 2. The standard InChI is InChI=1S/C8H5ClF6N2O/c9-1-4-2-17-5(3-16-4)18-6(7(10,11)12)8(13,14)15/h2-3,6H,1H2. The molecule has 0 unspecified atom stereocenters. The van der Waals surface area contributed by atoms with Crippen molar-refractivity contribution in [2.75, 3.05) is 0 Å². The van der Waals surface area contributed by atoms with Crippen molar-refractivity contribution in [2.45, 2.75) is 24.3 Å². The molecule has 0 amide bonds. The van der Waals surface area contributed by atoms with Crippen LogP contribution in [-0.2, 0) is 5.88 Å². The smallest absolute Gasteiger partial charge is 0.434 e. The molecule has 0 fully saturated rings. The minimum atomic E-state index is -5.59. The SMILES string of the molecule is FC(F)(F)C(Oc1cnc(CCl)cn1)C(F)(F)F. The molecule has 0 aliphatic carbocycles. The third-order valence-corrected chi connectivity index (χ3v) is 1.93. The number of hydrogen-bond donors (Lipinski definition) is 0. The summed E-state index contributed by atoms with van der Waals surface area (Å²) in [6.07, 6.45) is -13.6. The molecule has 1 aromatic heterocycles. The van der Waals surface area contributed by atoms with Crippen molar-refractivity contribution in [1.29, 1.82) is 0 Å². The minimum absolute atomic E-state index is 0.0742. The Labute approximate surface area is 102 Å². The molecule has 0 atom stereocenters. The minimum Gasteiger partial charge on any atom is -0.454 e. The van der Waals surface area contributed by atoms with Crippen molar-refractivity contribution < 1.29 is 31.1 Å². The van der Waals surface area contributed by atoms with Crippen LogP contribution in [-0.4, -0.2) is 28.4 Å². The molecular weight excluding hydrogens is 290 g/mol. The van der Waals surface area contributed by atoms with Gasteiger partial charge in [-0.15, -0.1) is 11.6 Å². The fourth-order valence-electron chi connectivity index (χ4n) is 0.913. The molecule has 0 radical (unpaired) electrons. The molecule has 0 aliphatic rings. The maximum absolute atomic E-state index is 12.1. The van der Waals surface area contributed by atoms with Crippen LogP contribution in [0, 0.1) is 0 Å². The third kappa shape index (κ3) is 3.90. The van der Waals surface area contributed by atoms with E-state index in [1.165, 1.54) is 0 Å². The molecule has 102 valence electrons. The summed E-state index contributed by atoms with van der Waals surface area (Å²) < 4.78 is 76.6. The molecule has 0 aromatic carbocycles. The number of halogens is 7. The predicted octanol–water partition coefficient (Wildman–Crippen LogP) is 3.09. The molecule has 0 N–H and O–H groups in total. The molecule has 0 saturated carbocycles. The summed E-state index contributed by atoms with van der Waals surface area (Å²) in [7, 11) is 0. The number of aromatic nitrogens is 2. The third-order valence-electron chi connectivity index (χ3n) is 1.65. The topological polar surface area (TPSA) is 35.0 Å². The van der Waals surface area contributed by atoms with Gasteiger partial charge in [0.25, 0.3) is 6.10 Å². The molecule has 0 bridgehead atoms. The normalized spacial score (nSPS) is 12.9. The van der Waals surface area contributed by atoms with Crippen molar-refractivity contribution in [3.8, 4) is 5.88 Å². The second-order valence-electron chi connectivity index (χ2n) is 3.06. The van der Waals surface area contributed by atoms with Gasteiger partial charge in [0, 0.05) is 0 Å². The summed E-state index contributed by atoms with van der Waals surface area (Å²) in [6.45, 7) is 0. The second kappa shape index (κ2) is 5.17. The average Bonchev–Trinajstić information content (AvgIpc) is 2.23. The first-order valence-corrected chi connectivity index (χ1v) is 4.85. The second-order valence-corrected chi connectivity index (χ2v) is 3.33. The van der Waals surface area contributed by atoms with Gasteiger partial charge >= 0.3 is 12.4 Å². The highest BCUT2D eigenvalue weighted by molar-refractivity contribution is 6.16. The van der Waals surface area contributed by atoms with Gasteiger partial charge in [-0.3, -0.25) is 4.98 Å². The Morgan fingerprint density at radius 1 is 1.06 bits per heavy atom. The first-order valence-electron chi connectivity index (χ1n) is 4.31. The van der Waals surface area contributed by atoms with Crippen LogP contribution in [0.4, 0.5) is 26.3 Å². The molecule has 1 rings (SSSR count). The zero-order valence-electron chi connectivity index (χ0n) is 8.39. The zero-order chi connectivity index (χ0) is 14.0. The van der Waals surface area contributed by atoms with Crippen LogP contribution in [0.2, 0.25) is 0 Å². The van der Waals surface area contributed by atoms with E-state index in [1.54, 1.807) is 0 Å². The van der Waals surface area contributed by atoms with Gasteiger partial charge in [-0.1, -0.05) is 0 Å². The monoisotopic (exact) mass is 294 g/mol. The first kappa shape index (κ1) is 14.8. The summed E-state index contributed by atoms with van der Waals surface area (Å²) in [6, 6.07) is 0. The van der Waals surface area contributed by atoms with E-state index in [4.69, 9.17) is 11.6 Å². The number of ether oxygens (including phenoxy) is 1. The van der Waals surface area contributed by atoms with Crippen molar-refractivity contribution >= 4 is 11.6 Å². The van der Waals surface area contributed by atoms with Crippen LogP contribution in [0.25, 0.3) is 0 Å². The Hall–Kier alpha value is -1.25. The summed E-state index contributed by atoms with van der Waals surface area (Å²) in [5, 5.41) is 0. The van der Waals surface area contributed by atoms with E-state index in [-0.39, 0.29) is 11.6 Å². The van der Waals surface area contributed by atoms with Crippen LogP contribution in [0.15, 0.2) is 12.4 Å². The Morgan fingerprint density at radius 3 is 1.94 bits per heavy atom. The Morgan fingerprint density at radius 2 is 1.61 bits per heavy atom. The van der Waals surface area contributed by atoms with Gasteiger partial charge in [-0.25, -0.2) is 4.98 Å². The Balaban J connectivity index is 2.90. The van der Waals surface area contributed by atoms with Gasteiger partial charge in [0.05, 0.1) is 24.0 Å². The molecule has 3 nitrogen and oxygen atoms in total. The van der Waals surface area contributed by atoms with Crippen LogP contribution in [0.3, 0.4) is 0 Å².